The Kier molecular flexibility index (Phi) is 6.55. The molecule has 0 aliphatic carbocycles. The van der Waals surface area contributed by atoms with E-state index in [9.17, 15) is 9.18 Å². The predicted molar refractivity (Wildman–Crippen MR) is 119 cm³/mol. The summed E-state index contributed by atoms with van der Waals surface area (Å²) in [5, 5.41) is 1.75. The third kappa shape index (κ3) is 4.95. The van der Waals surface area contributed by atoms with Crippen molar-refractivity contribution < 1.29 is 13.9 Å². The van der Waals surface area contributed by atoms with Crippen molar-refractivity contribution in [2.24, 2.45) is 0 Å². The number of hydrogen-bond acceptors (Lipinski definition) is 2. The zero-order valence-corrected chi connectivity index (χ0v) is 18.5. The topological polar surface area (TPSA) is 26.3 Å². The first-order chi connectivity index (χ1) is 13.8. The van der Waals surface area contributed by atoms with E-state index in [2.05, 4.69) is 32.2 Å². The number of carbonyl (C=O) groups is 1. The normalized spacial score (nSPS) is 13.6. The molecule has 0 saturated heterocycles. The monoisotopic (exact) mass is 426 g/mol. The van der Waals surface area contributed by atoms with Crippen LogP contribution < -0.4 is 5.19 Å². The maximum atomic E-state index is 13.5. The van der Waals surface area contributed by atoms with Crippen LogP contribution in [0.4, 0.5) is 4.39 Å². The van der Waals surface area contributed by atoms with Crippen molar-refractivity contribution in [3.8, 4) is 0 Å². The number of carbonyl (C=O) groups excluding carboxylic acids is 1. The van der Waals surface area contributed by atoms with Gasteiger partial charge >= 0.3 is 5.97 Å². The van der Waals surface area contributed by atoms with E-state index < -0.39 is 20.1 Å². The number of hydrogen-bond donors (Lipinski definition) is 0. The molecule has 5 heteroatoms. The van der Waals surface area contributed by atoms with E-state index in [1.807, 2.05) is 18.2 Å². The SMILES string of the molecule is C[C@@H](C(OC(=O)c1cccc(Cl)c1)c1ccc(F)cc1)[Si](C)(C)c1ccccc1. The molecule has 0 aliphatic rings. The van der Waals surface area contributed by atoms with Crippen LogP contribution in [0.5, 0.6) is 0 Å². The van der Waals surface area contributed by atoms with E-state index >= 15 is 0 Å². The van der Waals surface area contributed by atoms with Gasteiger partial charge in [-0.3, -0.25) is 0 Å². The zero-order valence-electron chi connectivity index (χ0n) is 16.7. The van der Waals surface area contributed by atoms with E-state index in [0.717, 1.165) is 5.56 Å². The summed E-state index contributed by atoms with van der Waals surface area (Å²) in [5.41, 5.74) is 1.24. The van der Waals surface area contributed by atoms with Crippen LogP contribution >= 0.6 is 11.6 Å². The quantitative estimate of drug-likeness (QED) is 0.337. The number of esters is 1. The molecular weight excluding hydrogens is 403 g/mol. The summed E-state index contributed by atoms with van der Waals surface area (Å²) in [6.45, 7) is 6.63. The smallest absolute Gasteiger partial charge is 0.338 e. The molecule has 3 aromatic rings. The minimum atomic E-state index is -2.02. The Bertz CT molecular complexity index is 974. The van der Waals surface area contributed by atoms with Crippen LogP contribution in [-0.2, 0) is 4.74 Å². The second-order valence-corrected chi connectivity index (χ2v) is 13.1. The van der Waals surface area contributed by atoms with E-state index in [-0.39, 0.29) is 11.4 Å². The fraction of sp³-hybridized carbons (Fsp3) is 0.208. The number of rotatable bonds is 6. The van der Waals surface area contributed by atoms with Gasteiger partial charge < -0.3 is 4.74 Å². The van der Waals surface area contributed by atoms with Crippen LogP contribution in [0.15, 0.2) is 78.9 Å². The molecule has 29 heavy (non-hydrogen) atoms. The molecule has 1 unspecified atom stereocenters. The van der Waals surface area contributed by atoms with Crippen molar-refractivity contribution >= 4 is 30.8 Å². The van der Waals surface area contributed by atoms with E-state index in [0.29, 0.717) is 10.6 Å². The van der Waals surface area contributed by atoms with Gasteiger partial charge in [0, 0.05) is 5.02 Å². The van der Waals surface area contributed by atoms with Crippen LogP contribution in [0.1, 0.15) is 28.9 Å². The lowest BCUT2D eigenvalue weighted by Crippen LogP contribution is -2.47. The average molecular weight is 427 g/mol. The molecule has 0 fully saturated rings. The summed E-state index contributed by atoms with van der Waals surface area (Å²) >= 11 is 6.03. The lowest BCUT2D eigenvalue weighted by molar-refractivity contribution is 0.0284. The van der Waals surface area contributed by atoms with Crippen molar-refractivity contribution in [2.45, 2.75) is 31.7 Å². The predicted octanol–water partition coefficient (Wildman–Crippen LogP) is 6.38. The molecule has 3 aromatic carbocycles. The lowest BCUT2D eigenvalue weighted by Gasteiger charge is -2.36. The lowest BCUT2D eigenvalue weighted by atomic mass is 10.1. The van der Waals surface area contributed by atoms with Gasteiger partial charge in [-0.2, -0.15) is 0 Å². The summed E-state index contributed by atoms with van der Waals surface area (Å²) in [4.78, 5) is 12.9. The Morgan fingerprint density at radius 3 is 2.24 bits per heavy atom. The van der Waals surface area contributed by atoms with Crippen molar-refractivity contribution in [3.63, 3.8) is 0 Å². The minimum Gasteiger partial charge on any atom is -0.454 e. The van der Waals surface area contributed by atoms with Gasteiger partial charge in [0.25, 0.3) is 0 Å². The molecule has 0 heterocycles. The number of benzene rings is 3. The standard InChI is InChI=1S/C24H24ClFO2Si/c1-17(29(2,3)22-10-5-4-6-11-22)23(18-12-14-21(26)15-13-18)28-24(27)19-8-7-9-20(25)16-19/h4-17,23H,1-3H3/t17-,23?/m0/s1. The number of halogens is 2. The molecule has 2 atom stereocenters. The molecule has 0 amide bonds. The van der Waals surface area contributed by atoms with Crippen molar-refractivity contribution in [2.75, 3.05) is 0 Å². The van der Waals surface area contributed by atoms with Gasteiger partial charge in [-0.15, -0.1) is 0 Å². The van der Waals surface area contributed by atoms with Crippen LogP contribution in [0.3, 0.4) is 0 Å². The van der Waals surface area contributed by atoms with Crippen molar-refractivity contribution in [1.29, 1.82) is 0 Å². The maximum absolute atomic E-state index is 13.5. The molecule has 0 bridgehead atoms. The fourth-order valence-corrected chi connectivity index (χ4v) is 6.20. The highest BCUT2D eigenvalue weighted by molar-refractivity contribution is 6.91. The summed E-state index contributed by atoms with van der Waals surface area (Å²) < 4.78 is 19.5. The molecule has 0 N–H and O–H groups in total. The Balaban J connectivity index is 1.96. The minimum absolute atomic E-state index is 0.0542. The first-order valence-corrected chi connectivity index (χ1v) is 13.0. The molecule has 2 nitrogen and oxygen atoms in total. The Hall–Kier alpha value is -2.43. The Labute approximate surface area is 177 Å². The summed E-state index contributed by atoms with van der Waals surface area (Å²) in [6, 6.07) is 23.2. The van der Waals surface area contributed by atoms with Crippen LogP contribution in [0.25, 0.3) is 0 Å². The van der Waals surface area contributed by atoms with Gasteiger partial charge in [-0.25, -0.2) is 9.18 Å². The molecular formula is C24H24ClFO2Si. The third-order valence-electron chi connectivity index (χ3n) is 5.60. The first kappa shape index (κ1) is 21.3. The van der Waals surface area contributed by atoms with Gasteiger partial charge in [0.2, 0.25) is 0 Å². The molecule has 0 saturated carbocycles. The summed E-state index contributed by atoms with van der Waals surface area (Å²) in [5.74, 6) is -0.757. The van der Waals surface area contributed by atoms with Crippen molar-refractivity contribution in [3.05, 3.63) is 101 Å². The highest BCUT2D eigenvalue weighted by atomic mass is 35.5. The van der Waals surface area contributed by atoms with Gasteiger partial charge in [0.1, 0.15) is 11.9 Å². The molecule has 0 radical (unpaired) electrons. The summed E-state index contributed by atoms with van der Waals surface area (Å²) in [7, 11) is -2.02. The molecule has 0 aromatic heterocycles. The largest absolute Gasteiger partial charge is 0.454 e. The second kappa shape index (κ2) is 8.93. The molecule has 3 rings (SSSR count). The molecule has 0 aliphatic heterocycles. The van der Waals surface area contributed by atoms with Crippen LogP contribution in [-0.4, -0.2) is 14.0 Å². The van der Waals surface area contributed by atoms with Crippen LogP contribution in [0.2, 0.25) is 23.7 Å². The zero-order chi connectivity index (χ0) is 21.0. The van der Waals surface area contributed by atoms with Gasteiger partial charge in [-0.1, -0.05) is 85.3 Å². The van der Waals surface area contributed by atoms with Gasteiger partial charge in [-0.05, 0) is 41.4 Å². The first-order valence-electron chi connectivity index (χ1n) is 9.56. The maximum Gasteiger partial charge on any atom is 0.338 e. The third-order valence-corrected chi connectivity index (χ3v) is 10.2. The molecule has 150 valence electrons. The molecule has 0 spiro atoms. The van der Waals surface area contributed by atoms with Gasteiger partial charge in [0.15, 0.2) is 0 Å². The highest BCUT2D eigenvalue weighted by Gasteiger charge is 2.38. The van der Waals surface area contributed by atoms with E-state index in [4.69, 9.17) is 16.3 Å². The summed E-state index contributed by atoms with van der Waals surface area (Å²) in [6.07, 6.45) is -0.496. The highest BCUT2D eigenvalue weighted by Crippen LogP contribution is 2.38. The Morgan fingerprint density at radius 2 is 1.62 bits per heavy atom. The van der Waals surface area contributed by atoms with Crippen LogP contribution in [0, 0.1) is 5.82 Å². The Morgan fingerprint density at radius 1 is 0.966 bits per heavy atom. The second-order valence-electron chi connectivity index (χ2n) is 7.76. The number of ether oxygens (including phenoxy) is 1. The van der Waals surface area contributed by atoms with Crippen molar-refractivity contribution in [1.82, 2.24) is 0 Å². The average Bonchev–Trinajstić information content (AvgIpc) is 2.72. The fourth-order valence-electron chi connectivity index (χ4n) is 3.42. The van der Waals surface area contributed by atoms with Gasteiger partial charge in [0.05, 0.1) is 13.6 Å². The van der Waals surface area contributed by atoms with E-state index in [1.165, 1.54) is 17.3 Å². The van der Waals surface area contributed by atoms with E-state index in [1.54, 1.807) is 36.4 Å².